The third-order valence-electron chi connectivity index (χ3n) is 2.12. The van der Waals surface area contributed by atoms with Crippen molar-refractivity contribution in [1.82, 2.24) is 10.6 Å². The van der Waals surface area contributed by atoms with Crippen LogP contribution in [0.5, 0.6) is 0 Å². The zero-order chi connectivity index (χ0) is 11.8. The van der Waals surface area contributed by atoms with E-state index in [9.17, 15) is 4.79 Å². The Morgan fingerprint density at radius 2 is 2.38 bits per heavy atom. The third-order valence-corrected chi connectivity index (χ3v) is 2.96. The quantitative estimate of drug-likeness (QED) is 0.741. The number of hydrogen-bond acceptors (Lipinski definition) is 3. The molecule has 88 valence electrons. The first-order valence-electron chi connectivity index (χ1n) is 5.36. The molecule has 1 aromatic heterocycles. The van der Waals surface area contributed by atoms with Crippen LogP contribution in [0.3, 0.4) is 0 Å². The molecule has 0 aliphatic heterocycles. The number of amides is 1. The minimum absolute atomic E-state index is 0.0312. The average Bonchev–Trinajstić information content (AvgIpc) is 2.77. The van der Waals surface area contributed by atoms with E-state index in [4.69, 9.17) is 0 Å². The molecule has 0 saturated heterocycles. The molecule has 4 heteroatoms. The molecule has 1 amide bonds. The Labute approximate surface area is 101 Å². The first kappa shape index (κ1) is 12.9. The van der Waals surface area contributed by atoms with Gasteiger partial charge in [0.2, 0.25) is 5.91 Å². The van der Waals surface area contributed by atoms with Gasteiger partial charge in [-0.2, -0.15) is 0 Å². The van der Waals surface area contributed by atoms with Crippen molar-refractivity contribution in [3.05, 3.63) is 28.5 Å². The lowest BCUT2D eigenvalue weighted by atomic mass is 10.2. The minimum atomic E-state index is -0.0312. The van der Waals surface area contributed by atoms with Crippen LogP contribution < -0.4 is 10.6 Å². The number of carbonyl (C=O) groups is 1. The van der Waals surface area contributed by atoms with Gasteiger partial charge in [-0.25, -0.2) is 0 Å². The molecule has 0 fully saturated rings. The van der Waals surface area contributed by atoms with Gasteiger partial charge in [-0.15, -0.1) is 11.3 Å². The van der Waals surface area contributed by atoms with E-state index in [1.807, 2.05) is 30.6 Å². The van der Waals surface area contributed by atoms with Crippen LogP contribution in [0.15, 0.2) is 23.6 Å². The molecule has 0 bridgehead atoms. The molecule has 1 heterocycles. The highest BCUT2D eigenvalue weighted by molar-refractivity contribution is 7.10. The van der Waals surface area contributed by atoms with Crippen molar-refractivity contribution in [1.29, 1.82) is 0 Å². The fraction of sp³-hybridized carbons (Fsp3) is 0.417. The Balaban J connectivity index is 2.26. The van der Waals surface area contributed by atoms with Crippen LogP contribution in [0.2, 0.25) is 0 Å². The molecular weight excluding hydrogens is 220 g/mol. The molecule has 3 nitrogen and oxygen atoms in total. The highest BCUT2D eigenvalue weighted by Crippen LogP contribution is 2.09. The summed E-state index contributed by atoms with van der Waals surface area (Å²) in [6.07, 6.45) is 3.42. The van der Waals surface area contributed by atoms with Gasteiger partial charge in [0.25, 0.3) is 0 Å². The van der Waals surface area contributed by atoms with Crippen LogP contribution in [-0.4, -0.2) is 26.0 Å². The zero-order valence-electron chi connectivity index (χ0n) is 9.69. The van der Waals surface area contributed by atoms with E-state index >= 15 is 0 Å². The number of thiophene rings is 1. The summed E-state index contributed by atoms with van der Waals surface area (Å²) < 4.78 is 0. The molecule has 0 spiro atoms. The average molecular weight is 238 g/mol. The van der Waals surface area contributed by atoms with Crippen molar-refractivity contribution in [2.75, 3.05) is 20.1 Å². The molecule has 1 unspecified atom stereocenters. The van der Waals surface area contributed by atoms with Crippen LogP contribution in [0.25, 0.3) is 6.08 Å². The SMILES string of the molecule is CNCC(C)CNC(=O)/C=C/c1cccs1. The van der Waals surface area contributed by atoms with Gasteiger partial charge in [0, 0.05) is 17.5 Å². The van der Waals surface area contributed by atoms with Crippen molar-refractivity contribution < 1.29 is 4.79 Å². The van der Waals surface area contributed by atoms with E-state index in [0.29, 0.717) is 12.5 Å². The molecule has 16 heavy (non-hydrogen) atoms. The molecule has 0 aromatic carbocycles. The molecule has 1 atom stereocenters. The maximum absolute atomic E-state index is 11.4. The van der Waals surface area contributed by atoms with E-state index in [1.54, 1.807) is 17.4 Å². The summed E-state index contributed by atoms with van der Waals surface area (Å²) in [5, 5.41) is 7.94. The molecule has 0 radical (unpaired) electrons. The Hall–Kier alpha value is -1.13. The molecular formula is C12H18N2OS. The number of hydrogen-bond donors (Lipinski definition) is 2. The Kier molecular flexibility index (Phi) is 5.82. The number of carbonyl (C=O) groups excluding carboxylic acids is 1. The lowest BCUT2D eigenvalue weighted by molar-refractivity contribution is -0.116. The van der Waals surface area contributed by atoms with Crippen LogP contribution in [0, 0.1) is 5.92 Å². The smallest absolute Gasteiger partial charge is 0.244 e. The second-order valence-corrected chi connectivity index (χ2v) is 4.74. The predicted molar refractivity (Wildman–Crippen MR) is 69.5 cm³/mol. The lowest BCUT2D eigenvalue weighted by Gasteiger charge is -2.10. The lowest BCUT2D eigenvalue weighted by Crippen LogP contribution is -2.31. The van der Waals surface area contributed by atoms with Crippen LogP contribution in [0.4, 0.5) is 0 Å². The molecule has 1 rings (SSSR count). The van der Waals surface area contributed by atoms with Gasteiger partial charge in [-0.1, -0.05) is 13.0 Å². The second-order valence-electron chi connectivity index (χ2n) is 3.76. The number of rotatable bonds is 6. The van der Waals surface area contributed by atoms with Crippen LogP contribution in [-0.2, 0) is 4.79 Å². The monoisotopic (exact) mass is 238 g/mol. The fourth-order valence-corrected chi connectivity index (χ4v) is 1.92. The Bertz CT molecular complexity index is 333. The summed E-state index contributed by atoms with van der Waals surface area (Å²) in [5.41, 5.74) is 0. The van der Waals surface area contributed by atoms with Gasteiger partial charge < -0.3 is 10.6 Å². The highest BCUT2D eigenvalue weighted by Gasteiger charge is 2.01. The third kappa shape index (κ3) is 5.09. The van der Waals surface area contributed by atoms with Gasteiger partial charge in [0.15, 0.2) is 0 Å². The summed E-state index contributed by atoms with van der Waals surface area (Å²) in [5.74, 6) is 0.417. The van der Waals surface area contributed by atoms with Crippen molar-refractivity contribution in [3.63, 3.8) is 0 Å². The summed E-state index contributed by atoms with van der Waals surface area (Å²) >= 11 is 1.62. The van der Waals surface area contributed by atoms with Gasteiger partial charge in [-0.05, 0) is 37.0 Å². The van der Waals surface area contributed by atoms with Crippen molar-refractivity contribution >= 4 is 23.3 Å². The largest absolute Gasteiger partial charge is 0.352 e. The van der Waals surface area contributed by atoms with E-state index in [0.717, 1.165) is 11.4 Å². The number of nitrogens with one attached hydrogen (secondary N) is 2. The highest BCUT2D eigenvalue weighted by atomic mass is 32.1. The normalized spacial score (nSPS) is 12.9. The van der Waals surface area contributed by atoms with E-state index in [2.05, 4.69) is 17.6 Å². The summed E-state index contributed by atoms with van der Waals surface area (Å²) in [6.45, 7) is 3.71. The van der Waals surface area contributed by atoms with Gasteiger partial charge in [0.1, 0.15) is 0 Å². The van der Waals surface area contributed by atoms with Crippen molar-refractivity contribution in [3.8, 4) is 0 Å². The summed E-state index contributed by atoms with van der Waals surface area (Å²) in [4.78, 5) is 12.5. The molecule has 1 aromatic rings. The van der Waals surface area contributed by atoms with Crippen LogP contribution >= 0.6 is 11.3 Å². The maximum Gasteiger partial charge on any atom is 0.244 e. The first-order chi connectivity index (χ1) is 7.72. The minimum Gasteiger partial charge on any atom is -0.352 e. The van der Waals surface area contributed by atoms with Gasteiger partial charge in [0.05, 0.1) is 0 Å². The first-order valence-corrected chi connectivity index (χ1v) is 6.24. The summed E-state index contributed by atoms with van der Waals surface area (Å²) in [7, 11) is 1.91. The fourth-order valence-electron chi connectivity index (χ4n) is 1.30. The second kappa shape index (κ2) is 7.19. The standard InChI is InChI=1S/C12H18N2OS/c1-10(8-13-2)9-14-12(15)6-5-11-4-3-7-16-11/h3-7,10,13H,8-9H2,1-2H3,(H,14,15)/b6-5+. The van der Waals surface area contributed by atoms with Gasteiger partial charge in [-0.3, -0.25) is 4.79 Å². The molecule has 0 saturated carbocycles. The Morgan fingerprint density at radius 1 is 1.56 bits per heavy atom. The molecule has 2 N–H and O–H groups in total. The predicted octanol–water partition coefficient (Wildman–Crippen LogP) is 1.73. The topological polar surface area (TPSA) is 41.1 Å². The summed E-state index contributed by atoms with van der Waals surface area (Å²) in [6, 6.07) is 3.95. The van der Waals surface area contributed by atoms with Crippen molar-refractivity contribution in [2.24, 2.45) is 5.92 Å². The van der Waals surface area contributed by atoms with E-state index in [-0.39, 0.29) is 5.91 Å². The molecule has 0 aliphatic rings. The van der Waals surface area contributed by atoms with E-state index < -0.39 is 0 Å². The van der Waals surface area contributed by atoms with E-state index in [1.165, 1.54) is 0 Å². The zero-order valence-corrected chi connectivity index (χ0v) is 10.5. The Morgan fingerprint density at radius 3 is 3.00 bits per heavy atom. The van der Waals surface area contributed by atoms with Crippen molar-refractivity contribution in [2.45, 2.75) is 6.92 Å². The maximum atomic E-state index is 11.4. The van der Waals surface area contributed by atoms with Gasteiger partial charge >= 0.3 is 0 Å². The molecule has 0 aliphatic carbocycles. The van der Waals surface area contributed by atoms with Crippen LogP contribution in [0.1, 0.15) is 11.8 Å².